The molecule has 1 aromatic rings. The van der Waals surface area contributed by atoms with Crippen LogP contribution in [0.1, 0.15) is 24.3 Å². The summed E-state index contributed by atoms with van der Waals surface area (Å²) in [4.78, 5) is 22.1. The van der Waals surface area contributed by atoms with Crippen LogP contribution >= 0.6 is 0 Å². The fraction of sp³-hybridized carbons (Fsp3) is 0.385. The summed E-state index contributed by atoms with van der Waals surface area (Å²) in [6, 6.07) is 4.00. The highest BCUT2D eigenvalue weighted by Crippen LogP contribution is 2.30. The summed E-state index contributed by atoms with van der Waals surface area (Å²) in [5.74, 6) is -2.87. The lowest BCUT2D eigenvalue weighted by Crippen LogP contribution is -2.52. The van der Waals surface area contributed by atoms with Crippen LogP contribution in [0.2, 0.25) is 0 Å². The first-order valence-electron chi connectivity index (χ1n) is 5.94. The molecule has 19 heavy (non-hydrogen) atoms. The second kappa shape index (κ2) is 5.36. The first-order chi connectivity index (χ1) is 8.97. The third-order valence-electron chi connectivity index (χ3n) is 3.36. The lowest BCUT2D eigenvalue weighted by atomic mass is 9.83. The van der Waals surface area contributed by atoms with E-state index in [4.69, 9.17) is 10.2 Å². The second-order valence-electron chi connectivity index (χ2n) is 4.67. The Morgan fingerprint density at radius 2 is 1.74 bits per heavy atom. The summed E-state index contributed by atoms with van der Waals surface area (Å²) in [6.45, 7) is 0. The van der Waals surface area contributed by atoms with Gasteiger partial charge in [0, 0.05) is 0 Å². The first-order valence-corrected chi connectivity index (χ1v) is 5.94. The van der Waals surface area contributed by atoms with Gasteiger partial charge in [-0.25, -0.2) is 4.39 Å². The molecule has 6 heteroatoms. The zero-order chi connectivity index (χ0) is 14.0. The van der Waals surface area contributed by atoms with Crippen molar-refractivity contribution in [3.63, 3.8) is 0 Å². The maximum atomic E-state index is 13.2. The molecule has 0 amide bonds. The SMILES string of the molecule is O=C(O)C1CC(c2cccc(F)c2)CC(C(=O)O)N1. The number of hydrogen-bond donors (Lipinski definition) is 3. The molecule has 0 aromatic heterocycles. The number of carboxylic acids is 2. The van der Waals surface area contributed by atoms with E-state index in [1.54, 1.807) is 6.07 Å². The molecule has 0 bridgehead atoms. The predicted molar refractivity (Wildman–Crippen MR) is 64.4 cm³/mol. The van der Waals surface area contributed by atoms with Crippen molar-refractivity contribution in [1.82, 2.24) is 5.32 Å². The summed E-state index contributed by atoms with van der Waals surface area (Å²) < 4.78 is 13.2. The largest absolute Gasteiger partial charge is 0.480 e. The monoisotopic (exact) mass is 267 g/mol. The smallest absolute Gasteiger partial charge is 0.320 e. The van der Waals surface area contributed by atoms with Gasteiger partial charge in [0.2, 0.25) is 0 Å². The Morgan fingerprint density at radius 3 is 2.21 bits per heavy atom. The van der Waals surface area contributed by atoms with Crippen molar-refractivity contribution in [2.45, 2.75) is 30.8 Å². The highest BCUT2D eigenvalue weighted by atomic mass is 19.1. The maximum Gasteiger partial charge on any atom is 0.320 e. The van der Waals surface area contributed by atoms with Gasteiger partial charge in [0.15, 0.2) is 0 Å². The van der Waals surface area contributed by atoms with Crippen LogP contribution in [0.5, 0.6) is 0 Å². The van der Waals surface area contributed by atoms with E-state index in [-0.39, 0.29) is 18.8 Å². The average molecular weight is 267 g/mol. The topological polar surface area (TPSA) is 86.6 Å². The minimum Gasteiger partial charge on any atom is -0.480 e. The van der Waals surface area contributed by atoms with Crippen molar-refractivity contribution in [1.29, 1.82) is 0 Å². The fourth-order valence-corrected chi connectivity index (χ4v) is 2.42. The summed E-state index contributed by atoms with van der Waals surface area (Å²) in [5, 5.41) is 20.6. The van der Waals surface area contributed by atoms with E-state index in [0.29, 0.717) is 5.56 Å². The summed E-state index contributed by atoms with van der Waals surface area (Å²) >= 11 is 0. The van der Waals surface area contributed by atoms with Crippen molar-refractivity contribution in [3.8, 4) is 0 Å². The third kappa shape index (κ3) is 3.08. The molecular weight excluding hydrogens is 253 g/mol. The zero-order valence-electron chi connectivity index (χ0n) is 10.0. The molecule has 0 aliphatic carbocycles. The second-order valence-corrected chi connectivity index (χ2v) is 4.67. The quantitative estimate of drug-likeness (QED) is 0.766. The van der Waals surface area contributed by atoms with Crippen LogP contribution in [-0.4, -0.2) is 34.2 Å². The molecule has 102 valence electrons. The van der Waals surface area contributed by atoms with Gasteiger partial charge in [-0.15, -0.1) is 0 Å². The minimum atomic E-state index is -1.09. The van der Waals surface area contributed by atoms with Gasteiger partial charge >= 0.3 is 11.9 Å². The molecular formula is C13H14FNO4. The lowest BCUT2D eigenvalue weighted by Gasteiger charge is -2.32. The molecule has 0 spiro atoms. The van der Waals surface area contributed by atoms with Crippen LogP contribution in [0.15, 0.2) is 24.3 Å². The van der Waals surface area contributed by atoms with E-state index in [1.807, 2.05) is 0 Å². The van der Waals surface area contributed by atoms with E-state index in [9.17, 15) is 14.0 Å². The van der Waals surface area contributed by atoms with Crippen molar-refractivity contribution < 1.29 is 24.2 Å². The number of benzene rings is 1. The van der Waals surface area contributed by atoms with Crippen LogP contribution in [0, 0.1) is 5.82 Å². The third-order valence-corrected chi connectivity index (χ3v) is 3.36. The molecule has 1 aliphatic heterocycles. The van der Waals surface area contributed by atoms with Gasteiger partial charge in [-0.2, -0.15) is 0 Å². The van der Waals surface area contributed by atoms with Gasteiger partial charge in [0.05, 0.1) is 0 Å². The normalized spacial score (nSPS) is 26.9. The first kappa shape index (κ1) is 13.5. The van der Waals surface area contributed by atoms with Crippen molar-refractivity contribution in [2.75, 3.05) is 0 Å². The number of carboxylic acid groups (broad SMARTS) is 2. The maximum absolute atomic E-state index is 13.2. The van der Waals surface area contributed by atoms with E-state index >= 15 is 0 Å². The number of rotatable bonds is 3. The molecule has 2 unspecified atom stereocenters. The number of aliphatic carboxylic acids is 2. The zero-order valence-corrected chi connectivity index (χ0v) is 10.0. The molecule has 0 radical (unpaired) electrons. The van der Waals surface area contributed by atoms with E-state index in [1.165, 1.54) is 18.2 Å². The number of piperidine rings is 1. The Kier molecular flexibility index (Phi) is 3.80. The van der Waals surface area contributed by atoms with Gasteiger partial charge in [-0.05, 0) is 36.5 Å². The molecule has 5 nitrogen and oxygen atoms in total. The van der Waals surface area contributed by atoms with Gasteiger partial charge in [-0.1, -0.05) is 12.1 Å². The van der Waals surface area contributed by atoms with E-state index < -0.39 is 29.8 Å². The lowest BCUT2D eigenvalue weighted by molar-refractivity contribution is -0.144. The molecule has 1 aliphatic rings. The predicted octanol–water partition coefficient (Wildman–Crippen LogP) is 1.20. The van der Waals surface area contributed by atoms with Crippen LogP contribution in [0.4, 0.5) is 4.39 Å². The highest BCUT2D eigenvalue weighted by molar-refractivity contribution is 5.78. The number of carbonyl (C=O) groups is 2. The molecule has 2 atom stereocenters. The van der Waals surface area contributed by atoms with Crippen molar-refractivity contribution in [2.24, 2.45) is 0 Å². The summed E-state index contributed by atoms with van der Waals surface area (Å²) in [7, 11) is 0. The van der Waals surface area contributed by atoms with Crippen LogP contribution < -0.4 is 5.32 Å². The van der Waals surface area contributed by atoms with E-state index in [2.05, 4.69) is 5.32 Å². The van der Waals surface area contributed by atoms with Crippen molar-refractivity contribution in [3.05, 3.63) is 35.6 Å². The number of nitrogens with one attached hydrogen (secondary N) is 1. The highest BCUT2D eigenvalue weighted by Gasteiger charge is 2.36. The Labute approximate surface area is 109 Å². The standard InChI is InChI=1S/C13H14FNO4/c14-9-3-1-2-7(4-9)8-5-10(12(16)17)15-11(6-8)13(18)19/h1-4,8,10-11,15H,5-6H2,(H,16,17)(H,18,19). The van der Waals surface area contributed by atoms with Gasteiger partial charge in [-0.3, -0.25) is 14.9 Å². The number of hydrogen-bond acceptors (Lipinski definition) is 3. The summed E-state index contributed by atoms with van der Waals surface area (Å²) in [5.41, 5.74) is 0.638. The van der Waals surface area contributed by atoms with Crippen LogP contribution in [-0.2, 0) is 9.59 Å². The molecule has 1 saturated heterocycles. The molecule has 1 fully saturated rings. The molecule has 1 heterocycles. The van der Waals surface area contributed by atoms with Crippen LogP contribution in [0.25, 0.3) is 0 Å². The van der Waals surface area contributed by atoms with Crippen LogP contribution in [0.3, 0.4) is 0 Å². The fourth-order valence-electron chi connectivity index (χ4n) is 2.42. The van der Waals surface area contributed by atoms with E-state index in [0.717, 1.165) is 0 Å². The summed E-state index contributed by atoms with van der Waals surface area (Å²) in [6.07, 6.45) is 0.505. The Balaban J connectivity index is 2.24. The van der Waals surface area contributed by atoms with Crippen molar-refractivity contribution >= 4 is 11.9 Å². The minimum absolute atomic E-state index is 0.253. The molecule has 3 N–H and O–H groups in total. The molecule has 1 aromatic carbocycles. The molecule has 0 saturated carbocycles. The van der Waals surface area contributed by atoms with Gasteiger partial charge < -0.3 is 10.2 Å². The van der Waals surface area contributed by atoms with Gasteiger partial charge in [0.25, 0.3) is 0 Å². The number of halogens is 1. The average Bonchev–Trinajstić information content (AvgIpc) is 2.38. The Morgan fingerprint density at radius 1 is 1.16 bits per heavy atom. The Bertz CT molecular complexity index is 483. The van der Waals surface area contributed by atoms with Gasteiger partial charge in [0.1, 0.15) is 17.9 Å². The molecule has 2 rings (SSSR count). The Hall–Kier alpha value is -1.95.